The smallest absolute Gasteiger partial charge is 0.328 e. The van der Waals surface area contributed by atoms with Gasteiger partial charge in [0.15, 0.2) is 0 Å². The monoisotopic (exact) mass is 465 g/mol. The molecule has 10 heteroatoms. The molecule has 0 fully saturated rings. The van der Waals surface area contributed by atoms with Gasteiger partial charge in [-0.05, 0) is 30.7 Å². The van der Waals surface area contributed by atoms with E-state index in [1.807, 2.05) is 0 Å². The van der Waals surface area contributed by atoms with E-state index in [0.717, 1.165) is 11.2 Å². The zero-order valence-corrected chi connectivity index (χ0v) is 19.5. The largest absolute Gasteiger partial charge is 0.507 e. The van der Waals surface area contributed by atoms with Gasteiger partial charge in [0.25, 0.3) is 5.56 Å². The number of hydrogen-bond acceptors (Lipinski definition) is 6. The van der Waals surface area contributed by atoms with Crippen molar-refractivity contribution < 1.29 is 14.6 Å². The molecule has 0 radical (unpaired) electrons. The maximum Gasteiger partial charge on any atom is 0.328 e. The molecular formula is C24H27N5O5. The molecule has 0 aliphatic rings. The number of pyridine rings is 1. The van der Waals surface area contributed by atoms with Gasteiger partial charge in [-0.1, -0.05) is 6.07 Å². The van der Waals surface area contributed by atoms with Crippen molar-refractivity contribution >= 4 is 17.0 Å². The Morgan fingerprint density at radius 2 is 1.91 bits per heavy atom. The van der Waals surface area contributed by atoms with E-state index in [9.17, 15) is 19.5 Å². The molecule has 0 unspecified atom stereocenters. The number of imidazole rings is 2. The highest BCUT2D eigenvalue weighted by Gasteiger charge is 2.27. The minimum atomic E-state index is -0.765. The Morgan fingerprint density at radius 3 is 2.59 bits per heavy atom. The Morgan fingerprint density at radius 1 is 1.18 bits per heavy atom. The minimum Gasteiger partial charge on any atom is -0.507 e. The van der Waals surface area contributed by atoms with E-state index in [4.69, 9.17) is 4.74 Å². The van der Waals surface area contributed by atoms with Crippen LogP contribution in [-0.4, -0.2) is 41.9 Å². The van der Waals surface area contributed by atoms with Crippen LogP contribution in [0.15, 0.2) is 46.4 Å². The lowest BCUT2D eigenvalue weighted by atomic mass is 9.88. The summed E-state index contributed by atoms with van der Waals surface area (Å²) in [5.74, 6) is -1.47. The summed E-state index contributed by atoms with van der Waals surface area (Å²) in [6.07, 6.45) is 3.67. The van der Waals surface area contributed by atoms with Gasteiger partial charge in [-0.15, -0.1) is 0 Å². The van der Waals surface area contributed by atoms with Crippen LogP contribution in [0.2, 0.25) is 0 Å². The van der Waals surface area contributed by atoms with Gasteiger partial charge in [-0.25, -0.2) is 9.78 Å². The van der Waals surface area contributed by atoms with Gasteiger partial charge in [0.1, 0.15) is 5.75 Å². The van der Waals surface area contributed by atoms with E-state index in [0.29, 0.717) is 29.7 Å². The number of nitrogens with zero attached hydrogens (tertiary/aromatic N) is 4. The van der Waals surface area contributed by atoms with Crippen LogP contribution in [-0.2, 0) is 36.6 Å². The topological polar surface area (TPSA) is 124 Å². The molecule has 1 aromatic carbocycles. The second-order valence-electron chi connectivity index (χ2n) is 8.35. The average molecular weight is 466 g/mol. The molecule has 0 spiro atoms. The number of fused-ring (bicyclic) bond motifs is 1. The highest BCUT2D eigenvalue weighted by molar-refractivity contribution is 5.78. The predicted molar refractivity (Wildman–Crippen MR) is 126 cm³/mol. The molecule has 10 nitrogen and oxygen atoms in total. The van der Waals surface area contributed by atoms with Gasteiger partial charge in [-0.2, -0.15) is 0 Å². The lowest BCUT2D eigenvalue weighted by Crippen LogP contribution is -2.29. The Bertz CT molecular complexity index is 1480. The Hall–Kier alpha value is -4.08. The molecule has 1 atom stereocenters. The first-order chi connectivity index (χ1) is 16.2. The molecule has 3 heterocycles. The summed E-state index contributed by atoms with van der Waals surface area (Å²) in [6, 6.07) is 6.85. The molecule has 0 bridgehead atoms. The number of benzene rings is 1. The lowest BCUT2D eigenvalue weighted by Gasteiger charge is -2.20. The molecule has 0 saturated heterocycles. The molecule has 4 aromatic rings. The van der Waals surface area contributed by atoms with Crippen molar-refractivity contribution in [2.75, 3.05) is 7.11 Å². The van der Waals surface area contributed by atoms with E-state index >= 15 is 0 Å². The molecule has 2 N–H and O–H groups in total. The molecule has 34 heavy (non-hydrogen) atoms. The first-order valence-corrected chi connectivity index (χ1v) is 10.9. The van der Waals surface area contributed by atoms with Crippen molar-refractivity contribution in [1.82, 2.24) is 23.7 Å². The van der Waals surface area contributed by atoms with Crippen LogP contribution in [0, 0.1) is 6.92 Å². The van der Waals surface area contributed by atoms with E-state index in [-0.39, 0.29) is 29.0 Å². The molecule has 178 valence electrons. The fourth-order valence-corrected chi connectivity index (χ4v) is 4.40. The number of aromatic hydroxyl groups is 1. The van der Waals surface area contributed by atoms with Gasteiger partial charge in [0.05, 0.1) is 36.5 Å². The van der Waals surface area contributed by atoms with Crippen molar-refractivity contribution in [3.05, 3.63) is 80.1 Å². The summed E-state index contributed by atoms with van der Waals surface area (Å²) in [5, 5.41) is 10.8. The first-order valence-electron chi connectivity index (χ1n) is 10.9. The van der Waals surface area contributed by atoms with Crippen LogP contribution in [0.25, 0.3) is 11.0 Å². The Labute approximate surface area is 195 Å². The normalized spacial score (nSPS) is 12.2. The van der Waals surface area contributed by atoms with E-state index < -0.39 is 11.9 Å². The van der Waals surface area contributed by atoms with Gasteiger partial charge in [-0.3, -0.25) is 18.7 Å². The van der Waals surface area contributed by atoms with Crippen LogP contribution in [0.1, 0.15) is 34.9 Å². The van der Waals surface area contributed by atoms with Crippen LogP contribution < -0.4 is 11.2 Å². The molecule has 0 amide bonds. The Kier molecular flexibility index (Phi) is 6.14. The number of carbonyl (C=O) groups excluding carboxylic acids is 1. The summed E-state index contributed by atoms with van der Waals surface area (Å²) in [4.78, 5) is 45.3. The third-order valence-corrected chi connectivity index (χ3v) is 6.33. The number of aromatic amines is 1. The summed E-state index contributed by atoms with van der Waals surface area (Å²) in [7, 11) is 4.62. The number of aryl methyl sites for hydroxylation is 4. The number of rotatable bonds is 7. The zero-order valence-electron chi connectivity index (χ0n) is 19.5. The number of carbonyl (C=O) groups is 1. The van der Waals surface area contributed by atoms with Crippen molar-refractivity contribution in [2.45, 2.75) is 32.2 Å². The number of aromatic nitrogens is 5. The summed E-state index contributed by atoms with van der Waals surface area (Å²) in [6.45, 7) is 2.12. The number of hydrogen-bond donors (Lipinski definition) is 2. The zero-order chi connectivity index (χ0) is 24.6. The summed E-state index contributed by atoms with van der Waals surface area (Å²) < 4.78 is 9.50. The number of esters is 1. The van der Waals surface area contributed by atoms with Crippen molar-refractivity contribution in [2.24, 2.45) is 14.1 Å². The highest BCUT2D eigenvalue weighted by atomic mass is 16.5. The van der Waals surface area contributed by atoms with Gasteiger partial charge >= 0.3 is 11.7 Å². The minimum absolute atomic E-state index is 0.112. The summed E-state index contributed by atoms with van der Waals surface area (Å²) >= 11 is 0. The highest BCUT2D eigenvalue weighted by Crippen LogP contribution is 2.34. The SMILES string of the molecule is COC(=O)C[C@@H](c1ccc2c(c1)n(C)c(=O)n2C)c1c(O)cc(C)n(CCc2cnc[nH]2)c1=O. The fourth-order valence-electron chi connectivity index (χ4n) is 4.40. The fraction of sp³-hybridized carbons (Fsp3) is 0.333. The maximum atomic E-state index is 13.6. The van der Waals surface area contributed by atoms with Gasteiger partial charge < -0.3 is 19.4 Å². The average Bonchev–Trinajstić information content (AvgIpc) is 3.41. The van der Waals surface area contributed by atoms with E-state index in [1.54, 1.807) is 56.3 Å². The second-order valence-corrected chi connectivity index (χ2v) is 8.35. The number of nitrogens with one attached hydrogen (secondary N) is 1. The third-order valence-electron chi connectivity index (χ3n) is 6.33. The Balaban J connectivity index is 1.86. The maximum absolute atomic E-state index is 13.6. The van der Waals surface area contributed by atoms with Crippen LogP contribution in [0.4, 0.5) is 0 Å². The molecular weight excluding hydrogens is 438 g/mol. The van der Waals surface area contributed by atoms with E-state index in [2.05, 4.69) is 9.97 Å². The number of methoxy groups -OCH3 is 1. The lowest BCUT2D eigenvalue weighted by molar-refractivity contribution is -0.140. The number of H-pyrrole nitrogens is 1. The van der Waals surface area contributed by atoms with Crippen LogP contribution in [0.3, 0.4) is 0 Å². The first kappa shape index (κ1) is 23.1. The third kappa shape index (κ3) is 4.02. The van der Waals surface area contributed by atoms with Crippen molar-refractivity contribution in [3.63, 3.8) is 0 Å². The summed E-state index contributed by atoms with van der Waals surface area (Å²) in [5.41, 5.74) is 3.02. The second kappa shape index (κ2) is 9.05. The standard InChI is InChI=1S/C24H27N5O5/c1-14-9-20(30)22(23(32)29(14)8-7-16-12-25-13-26-16)17(11-21(31)34-4)15-5-6-18-19(10-15)28(3)24(33)27(18)2/h5-6,9-10,12-13,17,30H,7-8,11H2,1-4H3,(H,25,26)/t17-/m0/s1. The van der Waals surface area contributed by atoms with Crippen LogP contribution in [0.5, 0.6) is 5.75 Å². The van der Waals surface area contributed by atoms with E-state index in [1.165, 1.54) is 22.3 Å². The molecule has 0 aliphatic carbocycles. The van der Waals surface area contributed by atoms with Crippen molar-refractivity contribution in [1.29, 1.82) is 0 Å². The quantitative estimate of drug-likeness (QED) is 0.401. The van der Waals surface area contributed by atoms with Gasteiger partial charge in [0, 0.05) is 50.6 Å². The molecule has 4 rings (SSSR count). The molecule has 0 saturated carbocycles. The predicted octanol–water partition coefficient (Wildman–Crippen LogP) is 1.71. The van der Waals surface area contributed by atoms with Crippen LogP contribution >= 0.6 is 0 Å². The molecule has 3 aromatic heterocycles. The number of ether oxygens (including phenoxy) is 1. The van der Waals surface area contributed by atoms with Gasteiger partial charge in [0.2, 0.25) is 0 Å². The van der Waals surface area contributed by atoms with Crippen molar-refractivity contribution in [3.8, 4) is 5.75 Å². The molecule has 0 aliphatic heterocycles.